The molecule has 0 bridgehead atoms. The fraction of sp³-hybridized carbons (Fsp3) is 1.00. The van der Waals surface area contributed by atoms with E-state index in [1.165, 1.54) is 12.5 Å². The van der Waals surface area contributed by atoms with Gasteiger partial charge in [0.25, 0.3) is 0 Å². The topological polar surface area (TPSA) is 26.0 Å². The first-order valence-electron chi connectivity index (χ1n) is 2.76. The Hall–Kier alpha value is 0.177. The minimum atomic E-state index is 0.0227. The number of hydrogen-bond acceptors (Lipinski definition) is 1. The summed E-state index contributed by atoms with van der Waals surface area (Å²) in [5.74, 6) is 0. The van der Waals surface area contributed by atoms with Gasteiger partial charge in [0.2, 0.25) is 0 Å². The molecule has 0 aromatic rings. The van der Waals surface area contributed by atoms with Gasteiger partial charge in [-0.1, -0.05) is 0 Å². The van der Waals surface area contributed by atoms with Crippen LogP contribution in [-0.4, -0.2) is 15.3 Å². The van der Waals surface area contributed by atoms with E-state index in [4.69, 9.17) is 5.73 Å². The lowest BCUT2D eigenvalue weighted by molar-refractivity contribution is 0.920. The van der Waals surface area contributed by atoms with Crippen LogP contribution in [0.25, 0.3) is 0 Å². The highest BCUT2D eigenvalue weighted by atomic mass is 28.3. The molecule has 0 spiro atoms. The third kappa shape index (κ3) is 6.18. The van der Waals surface area contributed by atoms with Crippen LogP contribution in [0.1, 0.15) is 6.42 Å². The smallest absolute Gasteiger partial charge is 0.307 e. The molecular formula is C5H14NSi+. The van der Waals surface area contributed by atoms with Gasteiger partial charge in [-0.05, 0) is 13.0 Å². The Balaban J connectivity index is 2.68. The van der Waals surface area contributed by atoms with E-state index >= 15 is 0 Å². The van der Waals surface area contributed by atoms with E-state index in [2.05, 4.69) is 13.1 Å². The Kier molecular flexibility index (Phi) is 4.45. The van der Waals surface area contributed by atoms with Crippen LogP contribution in [0.15, 0.2) is 0 Å². The fourth-order valence-corrected chi connectivity index (χ4v) is 1.37. The molecule has 2 N–H and O–H groups in total. The Morgan fingerprint density at radius 2 is 2.00 bits per heavy atom. The second kappa shape index (κ2) is 4.34. The first kappa shape index (κ1) is 7.18. The van der Waals surface area contributed by atoms with E-state index in [1.54, 1.807) is 0 Å². The van der Waals surface area contributed by atoms with Crippen molar-refractivity contribution in [1.82, 2.24) is 0 Å². The van der Waals surface area contributed by atoms with Gasteiger partial charge in [-0.15, -0.1) is 0 Å². The Morgan fingerprint density at radius 3 is 2.14 bits per heavy atom. The summed E-state index contributed by atoms with van der Waals surface area (Å²) in [5, 5.41) is 0. The Labute approximate surface area is 47.5 Å². The zero-order valence-electron chi connectivity index (χ0n) is 5.20. The monoisotopic (exact) mass is 116 g/mol. The highest BCUT2D eigenvalue weighted by Crippen LogP contribution is 1.92. The van der Waals surface area contributed by atoms with Gasteiger partial charge in [0, 0.05) is 0 Å². The van der Waals surface area contributed by atoms with E-state index in [0.29, 0.717) is 0 Å². The van der Waals surface area contributed by atoms with Gasteiger partial charge >= 0.3 is 8.80 Å². The van der Waals surface area contributed by atoms with Crippen LogP contribution >= 0.6 is 0 Å². The first-order valence-corrected chi connectivity index (χ1v) is 5.47. The number of rotatable bonds is 3. The molecule has 0 aromatic carbocycles. The minimum absolute atomic E-state index is 0.0227. The summed E-state index contributed by atoms with van der Waals surface area (Å²) >= 11 is 0. The highest BCUT2D eigenvalue weighted by Gasteiger charge is 2.07. The largest absolute Gasteiger partial charge is 0.330 e. The van der Waals surface area contributed by atoms with Gasteiger partial charge in [0.05, 0.1) is 19.1 Å². The SMILES string of the molecule is C[Si+](C)CCCN. The molecular weight excluding hydrogens is 102 g/mol. The Morgan fingerprint density at radius 1 is 1.43 bits per heavy atom. The van der Waals surface area contributed by atoms with Crippen LogP contribution in [0.4, 0.5) is 0 Å². The zero-order chi connectivity index (χ0) is 5.70. The summed E-state index contributed by atoms with van der Waals surface area (Å²) in [7, 11) is 0.0227. The molecule has 0 aliphatic heterocycles. The average molecular weight is 116 g/mol. The normalized spacial score (nSPS) is 9.00. The van der Waals surface area contributed by atoms with Crippen molar-refractivity contribution in [3.05, 3.63) is 0 Å². The maximum atomic E-state index is 5.29. The van der Waals surface area contributed by atoms with E-state index in [1.807, 2.05) is 0 Å². The molecule has 0 heterocycles. The molecule has 0 atom stereocenters. The van der Waals surface area contributed by atoms with Gasteiger partial charge in [-0.3, -0.25) is 0 Å². The van der Waals surface area contributed by atoms with Gasteiger partial charge in [-0.25, -0.2) is 0 Å². The van der Waals surface area contributed by atoms with Gasteiger partial charge in [0.15, 0.2) is 0 Å². The standard InChI is InChI=1S/C5H14NSi/c1-7(2)5-3-4-6/h3-6H2,1-2H3/q+1. The van der Waals surface area contributed by atoms with Crippen molar-refractivity contribution >= 4 is 8.80 Å². The molecule has 0 aromatic heterocycles. The molecule has 2 heteroatoms. The van der Waals surface area contributed by atoms with Crippen LogP contribution in [0, 0.1) is 0 Å². The quantitative estimate of drug-likeness (QED) is 0.549. The second-order valence-electron chi connectivity index (χ2n) is 2.10. The molecule has 1 nitrogen and oxygen atoms in total. The summed E-state index contributed by atoms with van der Waals surface area (Å²) in [6.07, 6.45) is 1.22. The summed E-state index contributed by atoms with van der Waals surface area (Å²) in [4.78, 5) is 0. The van der Waals surface area contributed by atoms with Crippen molar-refractivity contribution in [2.45, 2.75) is 25.6 Å². The van der Waals surface area contributed by atoms with E-state index in [9.17, 15) is 0 Å². The first-order chi connectivity index (χ1) is 3.27. The molecule has 0 saturated heterocycles. The third-order valence-electron chi connectivity index (χ3n) is 0.881. The molecule has 0 amide bonds. The summed E-state index contributed by atoms with van der Waals surface area (Å²) < 4.78 is 0. The van der Waals surface area contributed by atoms with Gasteiger partial charge in [0.1, 0.15) is 0 Å². The van der Waals surface area contributed by atoms with Gasteiger partial charge < -0.3 is 5.73 Å². The predicted molar refractivity (Wildman–Crippen MR) is 36.0 cm³/mol. The van der Waals surface area contributed by atoms with Crippen molar-refractivity contribution in [3.8, 4) is 0 Å². The minimum Gasteiger partial charge on any atom is -0.330 e. The van der Waals surface area contributed by atoms with Gasteiger partial charge in [-0.2, -0.15) is 0 Å². The second-order valence-corrected chi connectivity index (χ2v) is 5.01. The number of hydrogen-bond donors (Lipinski definition) is 1. The lowest BCUT2D eigenvalue weighted by Crippen LogP contribution is -2.04. The lowest BCUT2D eigenvalue weighted by Gasteiger charge is -1.85. The molecule has 0 fully saturated rings. The molecule has 42 valence electrons. The molecule has 0 aliphatic carbocycles. The van der Waals surface area contributed by atoms with Crippen molar-refractivity contribution < 1.29 is 0 Å². The Bertz CT molecular complexity index is 37.1. The zero-order valence-corrected chi connectivity index (χ0v) is 6.20. The van der Waals surface area contributed by atoms with E-state index in [0.717, 1.165) is 6.54 Å². The third-order valence-corrected chi connectivity index (χ3v) is 2.23. The summed E-state index contributed by atoms with van der Waals surface area (Å²) in [6.45, 7) is 5.51. The van der Waals surface area contributed by atoms with Crippen molar-refractivity contribution in [3.63, 3.8) is 0 Å². The average Bonchev–Trinajstić information content (AvgIpc) is 1.61. The van der Waals surface area contributed by atoms with Crippen LogP contribution in [0.3, 0.4) is 0 Å². The van der Waals surface area contributed by atoms with Crippen LogP contribution in [0.2, 0.25) is 19.1 Å². The molecule has 0 aliphatic rings. The molecule has 0 rings (SSSR count). The molecule has 0 saturated carbocycles. The van der Waals surface area contributed by atoms with E-state index in [-0.39, 0.29) is 8.80 Å². The highest BCUT2D eigenvalue weighted by molar-refractivity contribution is 6.55. The summed E-state index contributed by atoms with van der Waals surface area (Å²) in [5.41, 5.74) is 5.29. The van der Waals surface area contributed by atoms with Crippen LogP contribution < -0.4 is 5.73 Å². The maximum absolute atomic E-state index is 5.29. The maximum Gasteiger partial charge on any atom is 0.307 e. The van der Waals surface area contributed by atoms with Crippen LogP contribution in [0.5, 0.6) is 0 Å². The van der Waals surface area contributed by atoms with Crippen molar-refractivity contribution in [1.29, 1.82) is 0 Å². The van der Waals surface area contributed by atoms with Crippen molar-refractivity contribution in [2.24, 2.45) is 5.73 Å². The predicted octanol–water partition coefficient (Wildman–Crippen LogP) is 1.09. The number of nitrogens with two attached hydrogens (primary N) is 1. The molecule has 7 heavy (non-hydrogen) atoms. The summed E-state index contributed by atoms with van der Waals surface area (Å²) in [6, 6.07) is 1.38. The molecule has 0 unspecified atom stereocenters. The molecule has 0 radical (unpaired) electrons. The van der Waals surface area contributed by atoms with Crippen LogP contribution in [-0.2, 0) is 0 Å². The fourth-order valence-electron chi connectivity index (χ4n) is 0.456. The lowest BCUT2D eigenvalue weighted by atomic mass is 10.5. The van der Waals surface area contributed by atoms with E-state index < -0.39 is 0 Å². The van der Waals surface area contributed by atoms with Crippen molar-refractivity contribution in [2.75, 3.05) is 6.54 Å².